The molecular weight excluding hydrogens is 338 g/mol. The van der Waals surface area contributed by atoms with E-state index in [4.69, 9.17) is 9.15 Å². The summed E-state index contributed by atoms with van der Waals surface area (Å²) >= 11 is 0. The van der Waals surface area contributed by atoms with Crippen molar-refractivity contribution in [3.05, 3.63) is 102 Å². The number of carbonyl (C=O) groups is 1. The van der Waals surface area contributed by atoms with Gasteiger partial charge in [0.05, 0.1) is 0 Å². The third kappa shape index (κ3) is 3.60. The number of fused-ring (bicyclic) bond motifs is 1. The highest BCUT2D eigenvalue weighted by atomic mass is 16.6. The predicted octanol–water partition coefficient (Wildman–Crippen LogP) is 5.26. The van der Waals surface area contributed by atoms with Crippen molar-refractivity contribution in [2.75, 3.05) is 0 Å². The van der Waals surface area contributed by atoms with Crippen molar-refractivity contribution >= 4 is 17.1 Å². The van der Waals surface area contributed by atoms with Crippen LogP contribution in [-0.4, -0.2) is 11.0 Å². The van der Waals surface area contributed by atoms with Crippen LogP contribution in [0.2, 0.25) is 0 Å². The molecule has 4 nitrogen and oxygen atoms in total. The smallest absolute Gasteiger partial charge is 0.318 e. The van der Waals surface area contributed by atoms with Crippen LogP contribution in [0.25, 0.3) is 11.1 Å². The monoisotopic (exact) mass is 357 g/mol. The number of rotatable bonds is 5. The van der Waals surface area contributed by atoms with Crippen LogP contribution in [0, 0.1) is 0 Å². The Bertz CT molecular complexity index is 968. The number of para-hydroxylation sites is 2. The summed E-state index contributed by atoms with van der Waals surface area (Å²) in [4.78, 5) is 17.5. The highest BCUT2D eigenvalue weighted by molar-refractivity contribution is 5.82. The summed E-state index contributed by atoms with van der Waals surface area (Å²) in [6, 6.07) is 26.8. The van der Waals surface area contributed by atoms with E-state index in [9.17, 15) is 4.79 Å². The number of hydrogen-bond donors (Lipinski definition) is 0. The maximum Gasteiger partial charge on any atom is 0.318 e. The minimum absolute atomic E-state index is 0.331. The number of oxazole rings is 1. The van der Waals surface area contributed by atoms with E-state index in [1.807, 2.05) is 84.9 Å². The molecule has 4 aromatic rings. The van der Waals surface area contributed by atoms with Gasteiger partial charge in [-0.05, 0) is 30.2 Å². The zero-order chi connectivity index (χ0) is 18.6. The number of benzene rings is 3. The third-order valence-electron chi connectivity index (χ3n) is 4.45. The summed E-state index contributed by atoms with van der Waals surface area (Å²) in [6.45, 7) is 1.77. The molecule has 1 aromatic heterocycles. The average Bonchev–Trinajstić information content (AvgIpc) is 3.14. The van der Waals surface area contributed by atoms with Gasteiger partial charge in [-0.2, -0.15) is 0 Å². The Morgan fingerprint density at radius 2 is 1.41 bits per heavy atom. The van der Waals surface area contributed by atoms with Crippen LogP contribution >= 0.6 is 0 Å². The Balaban J connectivity index is 1.61. The van der Waals surface area contributed by atoms with E-state index in [-0.39, 0.29) is 5.97 Å². The predicted molar refractivity (Wildman–Crippen MR) is 103 cm³/mol. The van der Waals surface area contributed by atoms with Crippen molar-refractivity contribution in [2.24, 2.45) is 0 Å². The molecule has 1 heterocycles. The lowest BCUT2D eigenvalue weighted by atomic mass is 9.91. The topological polar surface area (TPSA) is 52.3 Å². The summed E-state index contributed by atoms with van der Waals surface area (Å²) < 4.78 is 11.5. The second-order valence-corrected chi connectivity index (χ2v) is 6.35. The minimum Gasteiger partial charge on any atom is -0.452 e. The van der Waals surface area contributed by atoms with Gasteiger partial charge in [0.2, 0.25) is 5.89 Å². The molecule has 0 saturated carbocycles. The maximum absolute atomic E-state index is 13.1. The molecule has 0 bridgehead atoms. The zero-order valence-corrected chi connectivity index (χ0v) is 14.9. The molecule has 4 rings (SSSR count). The van der Waals surface area contributed by atoms with Gasteiger partial charge in [-0.15, -0.1) is 0 Å². The second kappa shape index (κ2) is 7.46. The molecule has 27 heavy (non-hydrogen) atoms. The van der Waals surface area contributed by atoms with Crippen LogP contribution in [-0.2, 0) is 9.53 Å². The highest BCUT2D eigenvalue weighted by Gasteiger charge is 2.27. The first-order chi connectivity index (χ1) is 13.2. The number of nitrogens with zero attached hydrogens (tertiary/aromatic N) is 1. The van der Waals surface area contributed by atoms with E-state index in [1.54, 1.807) is 6.92 Å². The standard InChI is InChI=1S/C23H19NO3/c1-16(22-24-19-14-8-9-15-20(19)27-22)26-23(25)21(17-10-4-2-5-11-17)18-12-6-3-7-13-18/h2-16,21H,1H3/t16-/m1/s1. The lowest BCUT2D eigenvalue weighted by Crippen LogP contribution is -2.19. The SMILES string of the molecule is C[C@@H](OC(=O)C(c1ccccc1)c1ccccc1)c1nc2ccccc2o1. The van der Waals surface area contributed by atoms with Gasteiger partial charge in [-0.25, -0.2) is 4.98 Å². The van der Waals surface area contributed by atoms with Crippen LogP contribution in [0.1, 0.15) is 36.0 Å². The Kier molecular flexibility index (Phi) is 4.71. The van der Waals surface area contributed by atoms with Crippen LogP contribution < -0.4 is 0 Å². The molecule has 0 aliphatic rings. The van der Waals surface area contributed by atoms with E-state index in [0.717, 1.165) is 16.6 Å². The molecule has 0 aliphatic carbocycles. The molecule has 3 aromatic carbocycles. The number of carbonyl (C=O) groups excluding carboxylic acids is 1. The van der Waals surface area contributed by atoms with Gasteiger partial charge < -0.3 is 9.15 Å². The molecule has 1 atom stereocenters. The molecule has 0 spiro atoms. The molecule has 0 aliphatic heterocycles. The summed E-state index contributed by atoms with van der Waals surface area (Å²) in [5.74, 6) is -0.439. The summed E-state index contributed by atoms with van der Waals surface area (Å²) in [6.07, 6.45) is -0.583. The van der Waals surface area contributed by atoms with Crippen molar-refractivity contribution in [1.29, 1.82) is 0 Å². The fourth-order valence-corrected chi connectivity index (χ4v) is 3.11. The molecule has 0 radical (unpaired) electrons. The highest BCUT2D eigenvalue weighted by Crippen LogP contribution is 2.29. The number of ether oxygens (including phenoxy) is 1. The largest absolute Gasteiger partial charge is 0.452 e. The average molecular weight is 357 g/mol. The molecule has 0 unspecified atom stereocenters. The van der Waals surface area contributed by atoms with Crippen LogP contribution in [0.5, 0.6) is 0 Å². The summed E-state index contributed by atoms with van der Waals surface area (Å²) in [5, 5.41) is 0. The van der Waals surface area contributed by atoms with Crippen molar-refractivity contribution in [3.63, 3.8) is 0 Å². The van der Waals surface area contributed by atoms with E-state index in [1.165, 1.54) is 0 Å². The molecule has 134 valence electrons. The van der Waals surface area contributed by atoms with E-state index < -0.39 is 12.0 Å². The quantitative estimate of drug-likeness (QED) is 0.457. The van der Waals surface area contributed by atoms with Gasteiger partial charge in [-0.1, -0.05) is 72.8 Å². The van der Waals surface area contributed by atoms with Gasteiger partial charge in [-0.3, -0.25) is 4.79 Å². The van der Waals surface area contributed by atoms with Crippen molar-refractivity contribution in [2.45, 2.75) is 18.9 Å². The fraction of sp³-hybridized carbons (Fsp3) is 0.130. The van der Waals surface area contributed by atoms with Gasteiger partial charge in [0.15, 0.2) is 11.7 Å². The number of esters is 1. The van der Waals surface area contributed by atoms with Crippen molar-refractivity contribution in [1.82, 2.24) is 4.98 Å². The van der Waals surface area contributed by atoms with Gasteiger partial charge in [0, 0.05) is 0 Å². The Morgan fingerprint density at radius 1 is 0.852 bits per heavy atom. The van der Waals surface area contributed by atoms with Gasteiger partial charge in [0.25, 0.3) is 0 Å². The first-order valence-corrected chi connectivity index (χ1v) is 8.88. The first-order valence-electron chi connectivity index (χ1n) is 8.88. The maximum atomic E-state index is 13.1. The zero-order valence-electron chi connectivity index (χ0n) is 14.9. The summed E-state index contributed by atoms with van der Waals surface area (Å²) in [5.41, 5.74) is 3.20. The molecular formula is C23H19NO3. The minimum atomic E-state index is -0.583. The Hall–Kier alpha value is -3.40. The van der Waals surface area contributed by atoms with Crippen molar-refractivity contribution in [3.8, 4) is 0 Å². The Labute approximate surface area is 157 Å². The summed E-state index contributed by atoms with van der Waals surface area (Å²) in [7, 11) is 0. The number of aromatic nitrogens is 1. The fourth-order valence-electron chi connectivity index (χ4n) is 3.11. The first kappa shape index (κ1) is 17.0. The molecule has 4 heteroatoms. The normalized spacial score (nSPS) is 12.2. The number of hydrogen-bond acceptors (Lipinski definition) is 4. The van der Waals surface area contributed by atoms with Gasteiger partial charge in [0.1, 0.15) is 11.4 Å². The third-order valence-corrected chi connectivity index (χ3v) is 4.45. The molecule has 0 amide bonds. The van der Waals surface area contributed by atoms with Crippen LogP contribution in [0.3, 0.4) is 0 Å². The van der Waals surface area contributed by atoms with Crippen LogP contribution in [0.15, 0.2) is 89.3 Å². The van der Waals surface area contributed by atoms with Crippen LogP contribution in [0.4, 0.5) is 0 Å². The second-order valence-electron chi connectivity index (χ2n) is 6.35. The van der Waals surface area contributed by atoms with Crippen molar-refractivity contribution < 1.29 is 13.9 Å². The molecule has 0 saturated heterocycles. The van der Waals surface area contributed by atoms with Gasteiger partial charge >= 0.3 is 5.97 Å². The lowest BCUT2D eigenvalue weighted by Gasteiger charge is -2.19. The van der Waals surface area contributed by atoms with E-state index in [2.05, 4.69) is 4.98 Å². The molecule has 0 N–H and O–H groups in total. The van der Waals surface area contributed by atoms with E-state index >= 15 is 0 Å². The van der Waals surface area contributed by atoms with E-state index in [0.29, 0.717) is 11.5 Å². The Morgan fingerprint density at radius 3 is 2.00 bits per heavy atom. The molecule has 0 fully saturated rings. The lowest BCUT2D eigenvalue weighted by molar-refractivity contribution is -0.150.